The number of benzene rings is 10. The van der Waals surface area contributed by atoms with E-state index in [-0.39, 0.29) is 5.41 Å². The first-order chi connectivity index (χ1) is 32.5. The number of para-hydroxylation sites is 1. The summed E-state index contributed by atoms with van der Waals surface area (Å²) in [5, 5.41) is 7.54. The van der Waals surface area contributed by atoms with Gasteiger partial charge in [0.25, 0.3) is 0 Å². The van der Waals surface area contributed by atoms with Gasteiger partial charge in [-0.15, -0.1) is 0 Å². The van der Waals surface area contributed by atoms with Crippen LogP contribution in [0.3, 0.4) is 0 Å². The van der Waals surface area contributed by atoms with Crippen LogP contribution in [0.4, 0.5) is 0 Å². The van der Waals surface area contributed by atoms with E-state index in [0.29, 0.717) is 17.5 Å². The summed E-state index contributed by atoms with van der Waals surface area (Å²) in [5.74, 6) is 1.89. The molecule has 0 fully saturated rings. The van der Waals surface area contributed by atoms with Crippen molar-refractivity contribution in [2.75, 3.05) is 0 Å². The normalized spacial score (nSPS) is 13.1. The lowest BCUT2D eigenvalue weighted by molar-refractivity contribution is 0.661. The van der Waals surface area contributed by atoms with Gasteiger partial charge in [0.2, 0.25) is 0 Å². The van der Waals surface area contributed by atoms with E-state index in [0.717, 1.165) is 39.0 Å². The average molecular weight is 841 g/mol. The van der Waals surface area contributed by atoms with E-state index >= 15 is 0 Å². The minimum absolute atomic E-state index is 0.202. The highest BCUT2D eigenvalue weighted by Gasteiger charge is 2.37. The number of hydrogen-bond donors (Lipinski definition) is 0. The van der Waals surface area contributed by atoms with Crippen molar-refractivity contribution in [1.82, 2.24) is 19.5 Å². The first-order valence-corrected chi connectivity index (χ1v) is 22.8. The Kier molecular flexibility index (Phi) is 7.71. The molecule has 4 heteroatoms. The molecule has 0 saturated heterocycles. The van der Waals surface area contributed by atoms with Crippen LogP contribution in [-0.4, -0.2) is 19.5 Å². The summed E-state index contributed by atoms with van der Waals surface area (Å²) in [4.78, 5) is 15.7. The summed E-state index contributed by atoms with van der Waals surface area (Å²) in [6.45, 7) is 4.76. The Morgan fingerprint density at radius 2 is 0.924 bits per heavy atom. The molecule has 0 amide bonds. The number of nitrogens with zero attached hydrogens (tertiary/aromatic N) is 4. The molecular formula is C62H40N4. The molecule has 0 unspecified atom stereocenters. The van der Waals surface area contributed by atoms with E-state index in [2.05, 4.69) is 188 Å². The van der Waals surface area contributed by atoms with Crippen LogP contribution in [0.5, 0.6) is 0 Å². The third kappa shape index (κ3) is 5.30. The number of rotatable bonds is 5. The van der Waals surface area contributed by atoms with Gasteiger partial charge in [-0.1, -0.05) is 184 Å². The highest BCUT2D eigenvalue weighted by atomic mass is 15.0. The SMILES string of the molecule is CC1(C)c2cc3c(cc2-c2c1ccc1ccccc21)c1ccccc1n3-c1cc(-c2nc(-c3ccccc3)nc(-c3ccccc3)n2)cc(-c2ccc3c4c(cccc24)-c2ccccc2-3)c1. The van der Waals surface area contributed by atoms with Crippen LogP contribution in [0.1, 0.15) is 25.0 Å². The van der Waals surface area contributed by atoms with Crippen LogP contribution in [-0.2, 0) is 5.41 Å². The fourth-order valence-corrected chi connectivity index (χ4v) is 11.3. The number of hydrogen-bond acceptors (Lipinski definition) is 3. The highest BCUT2D eigenvalue weighted by Crippen LogP contribution is 2.54. The summed E-state index contributed by atoms with van der Waals surface area (Å²) in [6.07, 6.45) is 0. The molecule has 2 aliphatic rings. The Morgan fingerprint density at radius 3 is 1.67 bits per heavy atom. The third-order valence-electron chi connectivity index (χ3n) is 14.3. The van der Waals surface area contributed by atoms with Crippen molar-refractivity contribution in [3.05, 3.63) is 217 Å². The van der Waals surface area contributed by atoms with Gasteiger partial charge in [0.05, 0.1) is 11.0 Å². The third-order valence-corrected chi connectivity index (χ3v) is 14.3. The van der Waals surface area contributed by atoms with Gasteiger partial charge >= 0.3 is 0 Å². The Bertz CT molecular complexity index is 3920. The average Bonchev–Trinajstić information content (AvgIpc) is 3.96. The van der Waals surface area contributed by atoms with Crippen molar-refractivity contribution in [2.45, 2.75) is 19.3 Å². The van der Waals surface area contributed by atoms with Crippen LogP contribution in [0, 0.1) is 0 Å². The first-order valence-electron chi connectivity index (χ1n) is 22.8. The van der Waals surface area contributed by atoms with Gasteiger partial charge in [0.1, 0.15) is 0 Å². The Balaban J connectivity index is 1.07. The van der Waals surface area contributed by atoms with Gasteiger partial charge in [-0.2, -0.15) is 0 Å². The van der Waals surface area contributed by atoms with E-state index in [9.17, 15) is 0 Å². The minimum atomic E-state index is -0.202. The molecule has 0 saturated carbocycles. The van der Waals surface area contributed by atoms with Gasteiger partial charge in [-0.05, 0) is 114 Å². The van der Waals surface area contributed by atoms with Crippen molar-refractivity contribution in [3.63, 3.8) is 0 Å². The molecule has 0 N–H and O–H groups in total. The predicted octanol–water partition coefficient (Wildman–Crippen LogP) is 15.9. The summed E-state index contributed by atoms with van der Waals surface area (Å²) in [6, 6.07) is 74.9. The first kappa shape index (κ1) is 37.0. The van der Waals surface area contributed by atoms with Crippen molar-refractivity contribution in [2.24, 2.45) is 0 Å². The zero-order valence-electron chi connectivity index (χ0n) is 36.4. The minimum Gasteiger partial charge on any atom is -0.309 e. The predicted molar refractivity (Wildman–Crippen MR) is 273 cm³/mol. The molecule has 308 valence electrons. The fourth-order valence-electron chi connectivity index (χ4n) is 11.3. The maximum Gasteiger partial charge on any atom is 0.164 e. The smallest absolute Gasteiger partial charge is 0.164 e. The van der Waals surface area contributed by atoms with Crippen molar-refractivity contribution in [1.29, 1.82) is 0 Å². The monoisotopic (exact) mass is 840 g/mol. The van der Waals surface area contributed by atoms with E-state index < -0.39 is 0 Å². The largest absolute Gasteiger partial charge is 0.309 e. The van der Waals surface area contributed by atoms with Crippen LogP contribution in [0.2, 0.25) is 0 Å². The molecule has 14 rings (SSSR count). The molecule has 2 aliphatic carbocycles. The molecule has 4 nitrogen and oxygen atoms in total. The van der Waals surface area contributed by atoms with Crippen LogP contribution in [0.15, 0.2) is 206 Å². The van der Waals surface area contributed by atoms with E-state index in [1.807, 2.05) is 36.4 Å². The number of fused-ring (bicyclic) bond motifs is 11. The lowest BCUT2D eigenvalue weighted by Crippen LogP contribution is -2.15. The van der Waals surface area contributed by atoms with Gasteiger partial charge in [-0.3, -0.25) is 0 Å². The molecule has 12 aromatic rings. The summed E-state index contributed by atoms with van der Waals surface area (Å²) >= 11 is 0. The lowest BCUT2D eigenvalue weighted by atomic mass is 9.82. The highest BCUT2D eigenvalue weighted by molar-refractivity contribution is 6.19. The molecular weight excluding hydrogens is 801 g/mol. The maximum atomic E-state index is 5.29. The molecule has 0 aliphatic heterocycles. The zero-order valence-corrected chi connectivity index (χ0v) is 36.4. The summed E-state index contributed by atoms with van der Waals surface area (Å²) < 4.78 is 2.47. The van der Waals surface area contributed by atoms with E-state index in [1.54, 1.807) is 0 Å². The Hall–Kier alpha value is -8.47. The van der Waals surface area contributed by atoms with E-state index in [4.69, 9.17) is 15.0 Å². The van der Waals surface area contributed by atoms with Gasteiger partial charge < -0.3 is 4.57 Å². The second kappa shape index (κ2) is 13.8. The summed E-state index contributed by atoms with van der Waals surface area (Å²) in [7, 11) is 0. The van der Waals surface area contributed by atoms with Crippen molar-refractivity contribution in [3.8, 4) is 84.4 Å². The van der Waals surface area contributed by atoms with Gasteiger partial charge in [0, 0.05) is 38.6 Å². The fraction of sp³-hybridized carbons (Fsp3) is 0.0484. The zero-order chi connectivity index (χ0) is 43.7. The molecule has 66 heavy (non-hydrogen) atoms. The standard InChI is InChI=1S/C62H40N4/c1-62(2)53-31-28-37-16-9-10-21-44(37)58(53)52-35-51-47-24-13-14-27-55(47)66(56(51)36-54(52)62)42-33-40(43-29-30-50-46-23-12-11-22-45(46)49-26-15-25-48(43)57(49)50)32-41(34-42)61-64-59(38-17-5-3-6-18-38)63-60(65-61)39-19-7-4-8-20-39/h3-36H,1-2H3. The Labute approximate surface area is 382 Å². The molecule has 0 spiro atoms. The topological polar surface area (TPSA) is 43.6 Å². The second-order valence-electron chi connectivity index (χ2n) is 18.3. The van der Waals surface area contributed by atoms with Crippen molar-refractivity contribution < 1.29 is 0 Å². The van der Waals surface area contributed by atoms with E-state index in [1.165, 1.54) is 82.3 Å². The quantitative estimate of drug-likeness (QED) is 0.173. The molecule has 0 bridgehead atoms. The van der Waals surface area contributed by atoms with Crippen LogP contribution < -0.4 is 0 Å². The van der Waals surface area contributed by atoms with Crippen molar-refractivity contribution >= 4 is 43.4 Å². The second-order valence-corrected chi connectivity index (χ2v) is 18.3. The van der Waals surface area contributed by atoms with Gasteiger partial charge in [-0.25, -0.2) is 15.0 Å². The molecule has 2 heterocycles. The Morgan fingerprint density at radius 1 is 0.348 bits per heavy atom. The van der Waals surface area contributed by atoms with Crippen LogP contribution >= 0.6 is 0 Å². The number of aromatic nitrogens is 4. The molecule has 2 aromatic heterocycles. The lowest BCUT2D eigenvalue weighted by Gasteiger charge is -2.22. The maximum absolute atomic E-state index is 5.29. The summed E-state index contributed by atoms with van der Waals surface area (Å²) in [5.41, 5.74) is 18.7. The van der Waals surface area contributed by atoms with Gasteiger partial charge in [0.15, 0.2) is 17.5 Å². The molecule has 0 radical (unpaired) electrons. The van der Waals surface area contributed by atoms with Crippen LogP contribution in [0.25, 0.3) is 128 Å². The molecule has 10 aromatic carbocycles. The molecule has 0 atom stereocenters.